The second kappa shape index (κ2) is 7.34. The number of hydrogen-bond acceptors (Lipinski definition) is 5. The summed E-state index contributed by atoms with van der Waals surface area (Å²) in [5.41, 5.74) is 2.73. The van der Waals surface area contributed by atoms with Gasteiger partial charge in [0.05, 0.1) is 19.2 Å². The standard InChI is InChI=1S/C18H15ClN6OS/c1-26-16-7-4-13(19)8-15(16)17-22-23-18(27)25(17)14-5-2-12(3-6-14)9-24-11-20-10-21-24/h2-8,10-11H,9H2,1H3,(H,23,27). The maximum atomic E-state index is 6.18. The van der Waals surface area contributed by atoms with Crippen molar-refractivity contribution in [3.05, 3.63) is 70.5 Å². The number of halogens is 1. The van der Waals surface area contributed by atoms with E-state index in [9.17, 15) is 0 Å². The highest BCUT2D eigenvalue weighted by Crippen LogP contribution is 2.32. The molecule has 0 bridgehead atoms. The minimum atomic E-state index is 0.482. The molecule has 0 spiro atoms. The van der Waals surface area contributed by atoms with Gasteiger partial charge in [-0.2, -0.15) is 10.2 Å². The quantitative estimate of drug-likeness (QED) is 0.516. The first-order valence-corrected chi connectivity index (χ1v) is 8.87. The summed E-state index contributed by atoms with van der Waals surface area (Å²) >= 11 is 11.6. The van der Waals surface area contributed by atoms with E-state index in [4.69, 9.17) is 28.6 Å². The van der Waals surface area contributed by atoms with Crippen molar-refractivity contribution < 1.29 is 4.74 Å². The van der Waals surface area contributed by atoms with Gasteiger partial charge in [-0.05, 0) is 48.1 Å². The summed E-state index contributed by atoms with van der Waals surface area (Å²) in [6.07, 6.45) is 3.20. The highest BCUT2D eigenvalue weighted by Gasteiger charge is 2.16. The fourth-order valence-corrected chi connectivity index (χ4v) is 3.23. The molecular formula is C18H15ClN6OS. The largest absolute Gasteiger partial charge is 0.496 e. The zero-order chi connectivity index (χ0) is 18.8. The summed E-state index contributed by atoms with van der Waals surface area (Å²) in [4.78, 5) is 3.96. The number of ether oxygens (including phenoxy) is 1. The van der Waals surface area contributed by atoms with Crippen LogP contribution in [0.1, 0.15) is 5.56 Å². The van der Waals surface area contributed by atoms with Crippen molar-refractivity contribution in [1.82, 2.24) is 29.5 Å². The Kier molecular flexibility index (Phi) is 4.74. The van der Waals surface area contributed by atoms with Crippen molar-refractivity contribution in [1.29, 1.82) is 0 Å². The van der Waals surface area contributed by atoms with Gasteiger partial charge in [0.2, 0.25) is 0 Å². The fraction of sp³-hybridized carbons (Fsp3) is 0.111. The van der Waals surface area contributed by atoms with Crippen LogP contribution in [0.15, 0.2) is 55.1 Å². The van der Waals surface area contributed by atoms with E-state index in [0.717, 1.165) is 16.8 Å². The van der Waals surface area contributed by atoms with Crippen LogP contribution in [0.25, 0.3) is 17.1 Å². The molecule has 27 heavy (non-hydrogen) atoms. The molecule has 9 heteroatoms. The van der Waals surface area contributed by atoms with Crippen LogP contribution in [-0.4, -0.2) is 36.6 Å². The average Bonchev–Trinajstić information content (AvgIpc) is 3.32. The molecule has 0 saturated heterocycles. The number of aromatic nitrogens is 6. The van der Waals surface area contributed by atoms with Gasteiger partial charge in [-0.15, -0.1) is 0 Å². The van der Waals surface area contributed by atoms with Crippen molar-refractivity contribution in [2.75, 3.05) is 7.11 Å². The van der Waals surface area contributed by atoms with E-state index < -0.39 is 0 Å². The molecule has 0 aliphatic rings. The Bertz CT molecular complexity index is 1120. The van der Waals surface area contributed by atoms with E-state index >= 15 is 0 Å². The zero-order valence-electron chi connectivity index (χ0n) is 14.3. The molecule has 2 aromatic heterocycles. The van der Waals surface area contributed by atoms with Crippen LogP contribution in [0.2, 0.25) is 5.02 Å². The monoisotopic (exact) mass is 398 g/mol. The van der Waals surface area contributed by atoms with Crippen LogP contribution >= 0.6 is 23.8 Å². The lowest BCUT2D eigenvalue weighted by Crippen LogP contribution is -2.02. The van der Waals surface area contributed by atoms with Gasteiger partial charge in [0.25, 0.3) is 0 Å². The highest BCUT2D eigenvalue weighted by atomic mass is 35.5. The van der Waals surface area contributed by atoms with Crippen molar-refractivity contribution in [2.45, 2.75) is 6.54 Å². The number of rotatable bonds is 5. The van der Waals surface area contributed by atoms with Crippen molar-refractivity contribution in [2.24, 2.45) is 0 Å². The maximum Gasteiger partial charge on any atom is 0.200 e. The second-order valence-corrected chi connectivity index (χ2v) is 6.62. The number of methoxy groups -OCH3 is 1. The number of nitrogens with one attached hydrogen (secondary N) is 1. The Morgan fingerprint density at radius 3 is 2.70 bits per heavy atom. The third kappa shape index (κ3) is 3.49. The van der Waals surface area contributed by atoms with E-state index in [0.29, 0.717) is 27.9 Å². The highest BCUT2D eigenvalue weighted by molar-refractivity contribution is 7.71. The molecule has 136 valence electrons. The molecule has 0 saturated carbocycles. The molecule has 0 aliphatic heterocycles. The molecule has 0 atom stereocenters. The normalized spacial score (nSPS) is 10.9. The average molecular weight is 399 g/mol. The molecule has 2 heterocycles. The van der Waals surface area contributed by atoms with Crippen LogP contribution in [-0.2, 0) is 6.54 Å². The smallest absolute Gasteiger partial charge is 0.200 e. The molecule has 7 nitrogen and oxygen atoms in total. The maximum absolute atomic E-state index is 6.18. The van der Waals surface area contributed by atoms with Gasteiger partial charge in [-0.3, -0.25) is 9.67 Å². The third-order valence-electron chi connectivity index (χ3n) is 4.08. The summed E-state index contributed by atoms with van der Waals surface area (Å²) in [6.45, 7) is 0.645. The second-order valence-electron chi connectivity index (χ2n) is 5.79. The summed E-state index contributed by atoms with van der Waals surface area (Å²) < 4.78 is 9.55. The number of hydrogen-bond donors (Lipinski definition) is 1. The predicted molar refractivity (Wildman–Crippen MR) is 105 cm³/mol. The molecular weight excluding hydrogens is 384 g/mol. The number of aromatic amines is 1. The summed E-state index contributed by atoms with van der Waals surface area (Å²) in [7, 11) is 1.61. The Hall–Kier alpha value is -2.97. The number of benzene rings is 2. The van der Waals surface area contributed by atoms with Gasteiger partial charge in [0.15, 0.2) is 10.6 Å². The van der Waals surface area contributed by atoms with Crippen molar-refractivity contribution >= 4 is 23.8 Å². The van der Waals surface area contributed by atoms with Gasteiger partial charge in [0, 0.05) is 10.7 Å². The molecule has 0 unspecified atom stereocenters. The molecule has 4 rings (SSSR count). The number of nitrogens with zero attached hydrogens (tertiary/aromatic N) is 5. The van der Waals surface area contributed by atoms with Gasteiger partial charge < -0.3 is 4.74 Å². The van der Waals surface area contributed by atoms with Gasteiger partial charge >= 0.3 is 0 Å². The van der Waals surface area contributed by atoms with E-state index in [2.05, 4.69) is 20.3 Å². The Morgan fingerprint density at radius 2 is 2.00 bits per heavy atom. The third-order valence-corrected chi connectivity index (χ3v) is 4.59. The first kappa shape index (κ1) is 17.4. The lowest BCUT2D eigenvalue weighted by Gasteiger charge is -2.11. The molecule has 0 fully saturated rings. The molecule has 2 aromatic carbocycles. The Labute approximate surface area is 165 Å². The van der Waals surface area contributed by atoms with E-state index in [1.807, 2.05) is 28.8 Å². The molecule has 1 N–H and O–H groups in total. The van der Waals surface area contributed by atoms with Crippen LogP contribution in [0.3, 0.4) is 0 Å². The van der Waals surface area contributed by atoms with Gasteiger partial charge in [-0.1, -0.05) is 23.7 Å². The molecule has 0 radical (unpaired) electrons. The zero-order valence-corrected chi connectivity index (χ0v) is 15.9. The van der Waals surface area contributed by atoms with E-state index in [-0.39, 0.29) is 0 Å². The fourth-order valence-electron chi connectivity index (χ4n) is 2.82. The lowest BCUT2D eigenvalue weighted by molar-refractivity contribution is 0.416. The lowest BCUT2D eigenvalue weighted by atomic mass is 10.1. The van der Waals surface area contributed by atoms with Crippen LogP contribution in [0.5, 0.6) is 5.75 Å². The molecule has 0 aliphatic carbocycles. The molecule has 0 amide bonds. The predicted octanol–water partition coefficient (Wildman–Crippen LogP) is 3.90. The topological polar surface area (TPSA) is 73.5 Å². The van der Waals surface area contributed by atoms with Crippen molar-refractivity contribution in [3.8, 4) is 22.8 Å². The number of H-pyrrole nitrogens is 1. The summed E-state index contributed by atoms with van der Waals surface area (Å²) in [5.74, 6) is 1.29. The first-order valence-electron chi connectivity index (χ1n) is 8.09. The minimum absolute atomic E-state index is 0.482. The SMILES string of the molecule is COc1ccc(Cl)cc1-c1n[nH]c(=S)n1-c1ccc(Cn2cncn2)cc1. The van der Waals surface area contributed by atoms with Crippen LogP contribution < -0.4 is 4.74 Å². The van der Waals surface area contributed by atoms with Crippen LogP contribution in [0, 0.1) is 4.77 Å². The first-order chi connectivity index (χ1) is 13.2. The summed E-state index contributed by atoms with van der Waals surface area (Å²) in [6, 6.07) is 13.4. The van der Waals surface area contributed by atoms with Gasteiger partial charge in [0.1, 0.15) is 18.4 Å². The molecule has 4 aromatic rings. The van der Waals surface area contributed by atoms with Crippen molar-refractivity contribution in [3.63, 3.8) is 0 Å². The summed E-state index contributed by atoms with van der Waals surface area (Å²) in [5, 5.41) is 11.9. The Morgan fingerprint density at radius 1 is 1.19 bits per heavy atom. The van der Waals surface area contributed by atoms with Gasteiger partial charge in [-0.25, -0.2) is 9.67 Å². The Balaban J connectivity index is 1.74. The van der Waals surface area contributed by atoms with E-state index in [1.54, 1.807) is 36.3 Å². The van der Waals surface area contributed by atoms with E-state index in [1.165, 1.54) is 6.33 Å². The van der Waals surface area contributed by atoms with Crippen LogP contribution in [0.4, 0.5) is 0 Å². The minimum Gasteiger partial charge on any atom is -0.496 e.